The first-order chi connectivity index (χ1) is 8.72. The van der Waals surface area contributed by atoms with Crippen LogP contribution in [0.2, 0.25) is 0 Å². The molecule has 1 aliphatic heterocycles. The third-order valence-electron chi connectivity index (χ3n) is 3.75. The topological polar surface area (TPSA) is 61.4 Å². The second-order valence-corrected chi connectivity index (χ2v) is 5.20. The fraction of sp³-hybridized carbons (Fsp3) is 0.500. The van der Waals surface area contributed by atoms with E-state index in [9.17, 15) is 9.90 Å². The van der Waals surface area contributed by atoms with E-state index in [-0.39, 0.29) is 18.1 Å². The van der Waals surface area contributed by atoms with Gasteiger partial charge in [-0.3, -0.25) is 4.79 Å². The number of carbonyl (C=O) groups excluding carboxylic acids is 1. The Morgan fingerprint density at radius 2 is 2.22 bits per heavy atom. The Balaban J connectivity index is 1.69. The van der Waals surface area contributed by atoms with E-state index in [0.717, 1.165) is 30.6 Å². The maximum absolute atomic E-state index is 12.0. The zero-order valence-electron chi connectivity index (χ0n) is 10.3. The molecule has 4 heteroatoms. The number of rotatable bonds is 2. The van der Waals surface area contributed by atoms with E-state index in [0.29, 0.717) is 12.8 Å². The molecule has 0 radical (unpaired) electrons. The van der Waals surface area contributed by atoms with Gasteiger partial charge in [-0.1, -0.05) is 0 Å². The van der Waals surface area contributed by atoms with Crippen LogP contribution in [0.1, 0.15) is 35.2 Å². The second-order valence-electron chi connectivity index (χ2n) is 5.20. The Bertz CT molecular complexity index is 467. The van der Waals surface area contributed by atoms with Crippen LogP contribution in [-0.2, 0) is 6.42 Å². The summed E-state index contributed by atoms with van der Waals surface area (Å²) in [6.07, 6.45) is 3.28. The zero-order valence-corrected chi connectivity index (χ0v) is 10.3. The zero-order chi connectivity index (χ0) is 12.5. The second kappa shape index (κ2) is 4.61. The van der Waals surface area contributed by atoms with E-state index in [2.05, 4.69) is 10.6 Å². The maximum Gasteiger partial charge on any atom is 0.251 e. The molecule has 1 heterocycles. The Morgan fingerprint density at radius 1 is 1.39 bits per heavy atom. The lowest BCUT2D eigenvalue weighted by molar-refractivity contribution is 0.0562. The molecule has 1 fully saturated rings. The molecule has 96 valence electrons. The van der Waals surface area contributed by atoms with Crippen molar-refractivity contribution in [1.29, 1.82) is 0 Å². The lowest BCUT2D eigenvalue weighted by atomic mass is 9.89. The Labute approximate surface area is 106 Å². The van der Waals surface area contributed by atoms with Crippen LogP contribution < -0.4 is 10.6 Å². The molecule has 0 aromatic heterocycles. The number of aliphatic hydroxyl groups excluding tert-OH is 1. The van der Waals surface area contributed by atoms with Crippen molar-refractivity contribution < 1.29 is 9.90 Å². The van der Waals surface area contributed by atoms with E-state index in [4.69, 9.17) is 0 Å². The van der Waals surface area contributed by atoms with Crippen molar-refractivity contribution in [3.05, 3.63) is 29.3 Å². The van der Waals surface area contributed by atoms with Crippen LogP contribution in [0.5, 0.6) is 0 Å². The first kappa shape index (κ1) is 11.5. The Hall–Kier alpha value is -1.55. The summed E-state index contributed by atoms with van der Waals surface area (Å²) in [5.41, 5.74) is 3.10. The van der Waals surface area contributed by atoms with Gasteiger partial charge in [0.05, 0.1) is 6.10 Å². The number of nitrogens with one attached hydrogen (secondary N) is 2. The molecule has 0 bridgehead atoms. The molecule has 3 rings (SSSR count). The molecule has 18 heavy (non-hydrogen) atoms. The highest BCUT2D eigenvalue weighted by molar-refractivity contribution is 5.95. The number of benzene rings is 1. The van der Waals surface area contributed by atoms with E-state index in [1.807, 2.05) is 18.2 Å². The van der Waals surface area contributed by atoms with Gasteiger partial charge in [-0.15, -0.1) is 0 Å². The van der Waals surface area contributed by atoms with Crippen LogP contribution in [-0.4, -0.2) is 29.7 Å². The molecule has 1 aromatic carbocycles. The number of amides is 1. The quantitative estimate of drug-likeness (QED) is 0.737. The lowest BCUT2D eigenvalue weighted by Crippen LogP contribution is -2.46. The maximum atomic E-state index is 12.0. The average Bonchev–Trinajstić information content (AvgIpc) is 2.36. The molecule has 0 spiro atoms. The van der Waals surface area contributed by atoms with Gasteiger partial charge in [0.25, 0.3) is 5.91 Å². The normalized spacial score (nSPS) is 25.6. The van der Waals surface area contributed by atoms with E-state index in [1.54, 1.807) is 0 Å². The van der Waals surface area contributed by atoms with Gasteiger partial charge in [0.1, 0.15) is 0 Å². The average molecular weight is 246 g/mol. The van der Waals surface area contributed by atoms with Gasteiger partial charge >= 0.3 is 0 Å². The van der Waals surface area contributed by atoms with Crippen LogP contribution in [0.15, 0.2) is 18.2 Å². The van der Waals surface area contributed by atoms with Crippen LogP contribution in [0.4, 0.5) is 5.69 Å². The first-order valence-electron chi connectivity index (χ1n) is 6.58. The minimum Gasteiger partial charge on any atom is -0.393 e. The molecule has 1 aromatic rings. The molecule has 1 saturated carbocycles. The highest BCUT2D eigenvalue weighted by Crippen LogP contribution is 2.24. The largest absolute Gasteiger partial charge is 0.393 e. The summed E-state index contributed by atoms with van der Waals surface area (Å²) in [6.45, 7) is 1.01. The standard InChI is InChI=1S/C14H18N2O2/c17-12-7-11(8-12)16-14(18)10-3-4-13-9(6-10)2-1-5-15-13/h3-4,6,11-12,15,17H,1-2,5,7-8H2,(H,16,18). The summed E-state index contributed by atoms with van der Waals surface area (Å²) in [6, 6.07) is 5.97. The third-order valence-corrected chi connectivity index (χ3v) is 3.75. The molecule has 0 saturated heterocycles. The number of anilines is 1. The minimum atomic E-state index is -0.233. The van der Waals surface area contributed by atoms with Crippen LogP contribution in [0.25, 0.3) is 0 Å². The minimum absolute atomic E-state index is 0.0275. The molecular weight excluding hydrogens is 228 g/mol. The van der Waals surface area contributed by atoms with Crippen LogP contribution in [0, 0.1) is 0 Å². The summed E-state index contributed by atoms with van der Waals surface area (Å²) >= 11 is 0. The molecule has 4 nitrogen and oxygen atoms in total. The van der Waals surface area contributed by atoms with E-state index < -0.39 is 0 Å². The van der Waals surface area contributed by atoms with E-state index in [1.165, 1.54) is 5.56 Å². The fourth-order valence-electron chi connectivity index (χ4n) is 2.59. The van der Waals surface area contributed by atoms with Gasteiger partial charge in [-0.05, 0) is 49.4 Å². The molecule has 1 aliphatic carbocycles. The molecule has 2 aliphatic rings. The lowest BCUT2D eigenvalue weighted by Gasteiger charge is -2.32. The Morgan fingerprint density at radius 3 is 3.00 bits per heavy atom. The number of aryl methyl sites for hydroxylation is 1. The number of aliphatic hydroxyl groups is 1. The molecule has 3 N–H and O–H groups in total. The van der Waals surface area contributed by atoms with Gasteiger partial charge in [0, 0.05) is 23.8 Å². The summed E-state index contributed by atoms with van der Waals surface area (Å²) in [5.74, 6) is -0.0275. The first-order valence-corrected chi connectivity index (χ1v) is 6.58. The monoisotopic (exact) mass is 246 g/mol. The van der Waals surface area contributed by atoms with Gasteiger partial charge < -0.3 is 15.7 Å². The SMILES string of the molecule is O=C(NC1CC(O)C1)c1ccc2c(c1)CCCN2. The molecule has 1 amide bonds. The predicted octanol–water partition coefficient (Wildman–Crippen LogP) is 1.30. The Kier molecular flexibility index (Phi) is 2.96. The highest BCUT2D eigenvalue weighted by Gasteiger charge is 2.28. The number of hydrogen-bond donors (Lipinski definition) is 3. The molecule has 0 unspecified atom stereocenters. The number of hydrogen-bond acceptors (Lipinski definition) is 3. The smallest absolute Gasteiger partial charge is 0.251 e. The van der Waals surface area contributed by atoms with Gasteiger partial charge in [-0.25, -0.2) is 0 Å². The summed E-state index contributed by atoms with van der Waals surface area (Å²) < 4.78 is 0. The molecule has 0 atom stereocenters. The summed E-state index contributed by atoms with van der Waals surface area (Å²) in [7, 11) is 0. The fourth-order valence-corrected chi connectivity index (χ4v) is 2.59. The molecular formula is C14H18N2O2. The van der Waals surface area contributed by atoms with E-state index >= 15 is 0 Å². The van der Waals surface area contributed by atoms with Gasteiger partial charge in [0.2, 0.25) is 0 Å². The summed E-state index contributed by atoms with van der Waals surface area (Å²) in [4.78, 5) is 12.0. The van der Waals surface area contributed by atoms with Crippen LogP contribution in [0.3, 0.4) is 0 Å². The van der Waals surface area contributed by atoms with Crippen molar-refractivity contribution in [3.63, 3.8) is 0 Å². The van der Waals surface area contributed by atoms with Crippen molar-refractivity contribution in [2.24, 2.45) is 0 Å². The number of carbonyl (C=O) groups is 1. The summed E-state index contributed by atoms with van der Waals surface area (Å²) in [5, 5.41) is 15.5. The predicted molar refractivity (Wildman–Crippen MR) is 69.7 cm³/mol. The van der Waals surface area contributed by atoms with Crippen molar-refractivity contribution in [2.75, 3.05) is 11.9 Å². The van der Waals surface area contributed by atoms with Crippen molar-refractivity contribution in [3.8, 4) is 0 Å². The van der Waals surface area contributed by atoms with Crippen molar-refractivity contribution >= 4 is 11.6 Å². The third kappa shape index (κ3) is 2.20. The van der Waals surface area contributed by atoms with Gasteiger partial charge in [-0.2, -0.15) is 0 Å². The van der Waals surface area contributed by atoms with Crippen molar-refractivity contribution in [1.82, 2.24) is 5.32 Å². The number of fused-ring (bicyclic) bond motifs is 1. The van der Waals surface area contributed by atoms with Crippen LogP contribution >= 0.6 is 0 Å². The van der Waals surface area contributed by atoms with Gasteiger partial charge in [0.15, 0.2) is 0 Å². The highest BCUT2D eigenvalue weighted by atomic mass is 16.3. The van der Waals surface area contributed by atoms with Crippen molar-refractivity contribution in [2.45, 2.75) is 37.8 Å².